The summed E-state index contributed by atoms with van der Waals surface area (Å²) in [5.74, 6) is 2.35. The first-order valence-corrected chi connectivity index (χ1v) is 8.48. The summed E-state index contributed by atoms with van der Waals surface area (Å²) in [4.78, 5) is 35.0. The molecule has 1 aromatic rings. The van der Waals surface area contributed by atoms with Crippen molar-refractivity contribution in [3.8, 4) is 0 Å². The van der Waals surface area contributed by atoms with Gasteiger partial charge in [0.15, 0.2) is 5.82 Å². The largest absolute Gasteiger partial charge is 0.444 e. The summed E-state index contributed by atoms with van der Waals surface area (Å²) in [6.07, 6.45) is 1.04. The quantitative estimate of drug-likeness (QED) is 0.516. The van der Waals surface area contributed by atoms with Crippen LogP contribution in [0.5, 0.6) is 0 Å². The van der Waals surface area contributed by atoms with Crippen LogP contribution in [0.2, 0.25) is 5.28 Å². The Morgan fingerprint density at radius 1 is 1.50 bits per heavy atom. The number of carbonyl (C=O) groups excluding carboxylic acids is 2. The van der Waals surface area contributed by atoms with Gasteiger partial charge in [0.2, 0.25) is 5.28 Å². The first kappa shape index (κ1) is 18.7. The Kier molecular flexibility index (Phi) is 5.52. The van der Waals surface area contributed by atoms with Crippen LogP contribution in [0.4, 0.5) is 10.6 Å². The van der Waals surface area contributed by atoms with Gasteiger partial charge in [-0.2, -0.15) is 4.98 Å². The minimum absolute atomic E-state index is 0.0701. The van der Waals surface area contributed by atoms with Gasteiger partial charge in [0.05, 0.1) is 17.1 Å². The molecule has 0 bridgehead atoms. The summed E-state index contributed by atoms with van der Waals surface area (Å²) in [6, 6.07) is -0.197. The monoisotopic (exact) mass is 416 g/mol. The van der Waals surface area contributed by atoms with E-state index in [1.165, 1.54) is 11.1 Å². The number of aromatic nitrogens is 2. The molecule has 1 amide bonds. The van der Waals surface area contributed by atoms with E-state index in [-0.39, 0.29) is 23.6 Å². The van der Waals surface area contributed by atoms with Crippen molar-refractivity contribution in [3.05, 3.63) is 21.7 Å². The number of ether oxygens (including phenoxy) is 1. The second-order valence-electron chi connectivity index (χ2n) is 6.43. The average Bonchev–Trinajstić information content (AvgIpc) is 2.47. The number of hydrogen-bond acceptors (Lipinski definition) is 6. The van der Waals surface area contributed by atoms with Gasteiger partial charge in [0.1, 0.15) is 17.2 Å². The van der Waals surface area contributed by atoms with Gasteiger partial charge in [-0.15, -0.1) is 0 Å². The third-order valence-corrected chi connectivity index (χ3v) is 4.06. The normalized spacial score (nSPS) is 18.4. The minimum Gasteiger partial charge on any atom is -0.444 e. The lowest BCUT2D eigenvalue weighted by Gasteiger charge is -2.40. The van der Waals surface area contributed by atoms with Gasteiger partial charge in [-0.25, -0.2) is 14.6 Å². The van der Waals surface area contributed by atoms with E-state index in [1.807, 2.05) is 12.9 Å². The van der Waals surface area contributed by atoms with E-state index in [9.17, 15) is 9.59 Å². The van der Waals surface area contributed by atoms with Crippen LogP contribution in [0.25, 0.3) is 0 Å². The number of halogens is 2. The van der Waals surface area contributed by atoms with Gasteiger partial charge in [-0.3, -0.25) is 4.90 Å². The Hall–Kier alpha value is -1.63. The van der Waals surface area contributed by atoms with Crippen molar-refractivity contribution in [3.63, 3.8) is 0 Å². The van der Waals surface area contributed by atoms with E-state index in [0.29, 0.717) is 16.8 Å². The molecule has 2 rings (SSSR count). The van der Waals surface area contributed by atoms with Crippen LogP contribution in [-0.4, -0.2) is 51.6 Å². The van der Waals surface area contributed by atoms with Gasteiger partial charge in [-0.05, 0) is 55.2 Å². The van der Waals surface area contributed by atoms with Crippen LogP contribution < -0.4 is 4.90 Å². The maximum absolute atomic E-state index is 12.3. The number of piperazine rings is 1. The molecule has 1 saturated heterocycles. The SMILES string of the molecule is C[C@@H]1CN(c2nc(Cl)ncc2Br)C(=C=O)CN1C(=O)OC(C)(C)C. The minimum atomic E-state index is -0.609. The maximum Gasteiger partial charge on any atom is 0.410 e. The Labute approximate surface area is 153 Å². The average molecular weight is 418 g/mol. The summed E-state index contributed by atoms with van der Waals surface area (Å²) in [5.41, 5.74) is -0.336. The van der Waals surface area contributed by atoms with Crippen LogP contribution in [0, 0.1) is 0 Å². The predicted molar refractivity (Wildman–Crippen MR) is 93.7 cm³/mol. The van der Waals surface area contributed by atoms with Crippen molar-refractivity contribution in [2.45, 2.75) is 39.3 Å². The molecule has 2 heterocycles. The Morgan fingerprint density at radius 3 is 2.75 bits per heavy atom. The summed E-state index contributed by atoms with van der Waals surface area (Å²) >= 11 is 9.21. The zero-order valence-electron chi connectivity index (χ0n) is 13.8. The molecular formula is C15H18BrClN4O3. The van der Waals surface area contributed by atoms with E-state index >= 15 is 0 Å². The van der Waals surface area contributed by atoms with E-state index in [2.05, 4.69) is 25.9 Å². The standard InChI is InChI=1S/C15H18BrClN4O3/c1-9-6-21(12-11(16)5-18-13(17)19-12)10(8-22)7-20(9)14(23)24-15(2,3)4/h5,9H,6-7H2,1-4H3/t9-/m1/s1. The Morgan fingerprint density at radius 2 is 2.17 bits per heavy atom. The highest BCUT2D eigenvalue weighted by atomic mass is 79.9. The summed E-state index contributed by atoms with van der Waals surface area (Å²) < 4.78 is 5.99. The maximum atomic E-state index is 12.3. The number of carbonyl (C=O) groups is 1. The first-order valence-electron chi connectivity index (χ1n) is 7.31. The lowest BCUT2D eigenvalue weighted by molar-refractivity contribution is 0.0182. The topological polar surface area (TPSA) is 75.6 Å². The number of nitrogens with zero attached hydrogens (tertiary/aromatic N) is 4. The van der Waals surface area contributed by atoms with E-state index < -0.39 is 11.7 Å². The highest BCUT2D eigenvalue weighted by molar-refractivity contribution is 9.10. The molecule has 7 nitrogen and oxygen atoms in total. The molecule has 130 valence electrons. The lowest BCUT2D eigenvalue weighted by atomic mass is 10.1. The van der Waals surface area contributed by atoms with Crippen molar-refractivity contribution in [2.24, 2.45) is 0 Å². The second kappa shape index (κ2) is 7.09. The highest BCUT2D eigenvalue weighted by Gasteiger charge is 2.35. The zero-order chi connectivity index (χ0) is 18.1. The predicted octanol–water partition coefficient (Wildman–Crippen LogP) is 3.05. The zero-order valence-corrected chi connectivity index (χ0v) is 16.2. The molecule has 0 spiro atoms. The van der Waals surface area contributed by atoms with Crippen LogP contribution in [0.15, 0.2) is 16.4 Å². The smallest absolute Gasteiger partial charge is 0.410 e. The van der Waals surface area contributed by atoms with E-state index in [1.54, 1.807) is 25.7 Å². The Bertz CT molecular complexity index is 700. The van der Waals surface area contributed by atoms with Gasteiger partial charge in [0, 0.05) is 12.7 Å². The summed E-state index contributed by atoms with van der Waals surface area (Å²) in [5, 5.41) is 0.0701. The molecule has 0 N–H and O–H groups in total. The fraction of sp³-hybridized carbons (Fsp3) is 0.533. The first-order chi connectivity index (χ1) is 11.1. The number of hydrogen-bond donors (Lipinski definition) is 0. The van der Waals surface area contributed by atoms with Crippen molar-refractivity contribution in [1.82, 2.24) is 14.9 Å². The molecule has 1 atom stereocenters. The molecule has 0 radical (unpaired) electrons. The number of amides is 1. The van der Waals surface area contributed by atoms with Gasteiger partial charge in [-0.1, -0.05) is 0 Å². The fourth-order valence-corrected chi connectivity index (χ4v) is 2.80. The van der Waals surface area contributed by atoms with Crippen molar-refractivity contribution < 1.29 is 14.3 Å². The third-order valence-electron chi connectivity index (χ3n) is 3.32. The molecule has 24 heavy (non-hydrogen) atoms. The number of rotatable bonds is 1. The van der Waals surface area contributed by atoms with Gasteiger partial charge in [0.25, 0.3) is 0 Å². The van der Waals surface area contributed by atoms with Crippen molar-refractivity contribution in [2.75, 3.05) is 18.0 Å². The van der Waals surface area contributed by atoms with Crippen LogP contribution >= 0.6 is 27.5 Å². The molecular weight excluding hydrogens is 400 g/mol. The molecule has 9 heteroatoms. The second-order valence-corrected chi connectivity index (χ2v) is 7.62. The molecule has 1 aromatic heterocycles. The fourth-order valence-electron chi connectivity index (χ4n) is 2.27. The van der Waals surface area contributed by atoms with Gasteiger partial charge >= 0.3 is 6.09 Å². The lowest BCUT2D eigenvalue weighted by Crippen LogP contribution is -2.54. The van der Waals surface area contributed by atoms with Crippen LogP contribution in [-0.2, 0) is 9.53 Å². The summed E-state index contributed by atoms with van der Waals surface area (Å²) in [7, 11) is 0. The van der Waals surface area contributed by atoms with Crippen molar-refractivity contribution in [1.29, 1.82) is 0 Å². The summed E-state index contributed by atoms with van der Waals surface area (Å²) in [6.45, 7) is 7.69. The van der Waals surface area contributed by atoms with E-state index in [4.69, 9.17) is 16.3 Å². The van der Waals surface area contributed by atoms with Crippen LogP contribution in [0.3, 0.4) is 0 Å². The molecule has 0 saturated carbocycles. The molecule has 0 aliphatic carbocycles. The van der Waals surface area contributed by atoms with Crippen molar-refractivity contribution >= 4 is 45.4 Å². The molecule has 0 unspecified atom stereocenters. The third kappa shape index (κ3) is 4.26. The Balaban J connectivity index is 2.28. The molecule has 1 aliphatic rings. The highest BCUT2D eigenvalue weighted by Crippen LogP contribution is 2.30. The molecule has 1 fully saturated rings. The number of anilines is 1. The molecule has 0 aromatic carbocycles. The molecule has 1 aliphatic heterocycles. The van der Waals surface area contributed by atoms with Crippen LogP contribution in [0.1, 0.15) is 27.7 Å². The van der Waals surface area contributed by atoms with E-state index in [0.717, 1.165) is 0 Å². The van der Waals surface area contributed by atoms with Gasteiger partial charge < -0.3 is 9.64 Å².